The fraction of sp³-hybridized carbons (Fsp3) is 0.341. The molecule has 4 aliphatic rings. The first-order valence-electron chi connectivity index (χ1n) is 36.9. The molecule has 0 saturated carbocycles. The third-order valence-electron chi connectivity index (χ3n) is 19.6. The van der Waals surface area contributed by atoms with E-state index in [1.165, 1.54) is 0 Å². The van der Waals surface area contributed by atoms with E-state index in [4.69, 9.17) is 80.5 Å². The van der Waals surface area contributed by atoms with Crippen LogP contribution in [-0.2, 0) is 109 Å². The van der Waals surface area contributed by atoms with Gasteiger partial charge >= 0.3 is 23.9 Å². The third kappa shape index (κ3) is 20.0. The number of hydrogen-bond donors (Lipinski definition) is 1. The van der Waals surface area contributed by atoms with Gasteiger partial charge in [-0.05, 0) is 116 Å². The van der Waals surface area contributed by atoms with Crippen molar-refractivity contribution in [2.24, 2.45) is 0 Å². The number of aliphatic hydroxyl groups excluding tert-OH is 1. The van der Waals surface area contributed by atoms with Gasteiger partial charge in [-0.25, -0.2) is 19.2 Å². The zero-order valence-electron chi connectivity index (χ0n) is 61.5. The molecule has 9 aromatic rings. The summed E-state index contributed by atoms with van der Waals surface area (Å²) in [5.41, 5.74) is 4.57. The molecule has 0 amide bonds. The van der Waals surface area contributed by atoms with Gasteiger partial charge in [-0.1, -0.05) is 206 Å². The van der Waals surface area contributed by atoms with Crippen LogP contribution >= 0.6 is 0 Å². The van der Waals surface area contributed by atoms with Crippen LogP contribution in [0.1, 0.15) is 96.9 Å². The Morgan fingerprint density at radius 3 is 0.791 bits per heavy atom. The summed E-state index contributed by atoms with van der Waals surface area (Å²) in [5.74, 6) is -2.24. The molecule has 1 N–H and O–H groups in total. The Kier molecular flexibility index (Phi) is 27.2. The second kappa shape index (κ2) is 38.2. The Morgan fingerprint density at radius 2 is 0.500 bits per heavy atom. The van der Waals surface area contributed by atoms with Crippen molar-refractivity contribution < 1.29 is 105 Å². The van der Waals surface area contributed by atoms with Gasteiger partial charge in [0.15, 0.2) is 49.6 Å². The molecule has 574 valence electrons. The fourth-order valence-corrected chi connectivity index (χ4v) is 13.8. The van der Waals surface area contributed by atoms with E-state index in [-0.39, 0.29) is 55.3 Å². The largest absolute Gasteiger partial charge is 0.497 e. The average molecular weight is 1500 g/mol. The summed E-state index contributed by atoms with van der Waals surface area (Å²) in [5, 5.41) is 12.1. The van der Waals surface area contributed by atoms with Gasteiger partial charge in [0.2, 0.25) is 0 Å². The first-order valence-corrected chi connectivity index (χ1v) is 36.9. The van der Waals surface area contributed by atoms with Crippen LogP contribution in [0.15, 0.2) is 267 Å². The van der Waals surface area contributed by atoms with E-state index in [0.717, 1.165) is 16.7 Å². The van der Waals surface area contributed by atoms with Crippen LogP contribution in [-0.4, -0.2) is 159 Å². The molecule has 4 saturated heterocycles. The van der Waals surface area contributed by atoms with Crippen LogP contribution in [0.4, 0.5) is 0 Å². The molecule has 0 radical (unpaired) electrons. The molecule has 13 rings (SSSR count). The minimum atomic E-state index is -1.66. The topological polar surface area (TPSA) is 245 Å². The number of esters is 4. The maximum absolute atomic E-state index is 14.9. The molecular weight excluding hydrogens is 1410 g/mol. The minimum Gasteiger partial charge on any atom is -0.497 e. The first-order chi connectivity index (χ1) is 53.7. The van der Waals surface area contributed by atoms with E-state index in [9.17, 15) is 24.3 Å². The molecule has 20 atom stereocenters. The second-order valence-electron chi connectivity index (χ2n) is 27.3. The molecule has 0 spiro atoms. The zero-order valence-corrected chi connectivity index (χ0v) is 61.5. The van der Waals surface area contributed by atoms with Crippen molar-refractivity contribution in [3.63, 3.8) is 0 Å². The molecule has 22 nitrogen and oxygen atoms in total. The highest BCUT2D eigenvalue weighted by Crippen LogP contribution is 2.41. The Labute approximate surface area is 639 Å². The minimum absolute atomic E-state index is 0.0181. The Bertz CT molecular complexity index is 4310. The van der Waals surface area contributed by atoms with Crippen molar-refractivity contribution in [1.29, 1.82) is 0 Å². The summed E-state index contributed by atoms with van der Waals surface area (Å²) >= 11 is 0. The number of rotatable bonds is 30. The van der Waals surface area contributed by atoms with E-state index in [1.54, 1.807) is 156 Å². The Hall–Kier alpha value is -9.86. The summed E-state index contributed by atoms with van der Waals surface area (Å²) in [4.78, 5) is 58.6. The van der Waals surface area contributed by atoms with Crippen LogP contribution in [0.25, 0.3) is 0 Å². The lowest BCUT2D eigenvalue weighted by Gasteiger charge is -2.51. The smallest absolute Gasteiger partial charge is 0.338 e. The van der Waals surface area contributed by atoms with Crippen molar-refractivity contribution in [1.82, 2.24) is 0 Å². The van der Waals surface area contributed by atoms with Gasteiger partial charge in [0, 0.05) is 0 Å². The lowest BCUT2D eigenvalue weighted by Crippen LogP contribution is -2.68. The van der Waals surface area contributed by atoms with Gasteiger partial charge in [-0.2, -0.15) is 0 Å². The van der Waals surface area contributed by atoms with Crippen LogP contribution in [0.3, 0.4) is 0 Å². The molecule has 4 aliphatic heterocycles. The summed E-state index contributed by atoms with van der Waals surface area (Å²) in [6, 6.07) is 78.5. The van der Waals surface area contributed by atoms with Crippen molar-refractivity contribution in [2.75, 3.05) is 7.11 Å². The van der Waals surface area contributed by atoms with Gasteiger partial charge in [-0.15, -0.1) is 0 Å². The van der Waals surface area contributed by atoms with Gasteiger partial charge in [0.1, 0.15) is 54.6 Å². The number of ether oxygens (including phenoxy) is 17. The van der Waals surface area contributed by atoms with Crippen LogP contribution < -0.4 is 4.74 Å². The van der Waals surface area contributed by atoms with Gasteiger partial charge in [-0.3, -0.25) is 0 Å². The van der Waals surface area contributed by atoms with Gasteiger partial charge < -0.3 is 85.6 Å². The van der Waals surface area contributed by atoms with Crippen LogP contribution in [0.5, 0.6) is 5.75 Å². The monoisotopic (exact) mass is 1500 g/mol. The molecule has 0 bridgehead atoms. The summed E-state index contributed by atoms with van der Waals surface area (Å²) < 4.78 is 117. The Balaban J connectivity index is 0.936. The van der Waals surface area contributed by atoms with E-state index < -0.39 is 147 Å². The maximum atomic E-state index is 14.9. The molecule has 0 aliphatic carbocycles. The predicted octanol–water partition coefficient (Wildman–Crippen LogP) is 13.0. The highest BCUT2D eigenvalue weighted by Gasteiger charge is 2.59. The fourth-order valence-electron chi connectivity index (χ4n) is 13.8. The molecule has 4 fully saturated rings. The number of aliphatic hydroxyl groups is 1. The van der Waals surface area contributed by atoms with E-state index >= 15 is 0 Å². The highest BCUT2D eigenvalue weighted by molar-refractivity contribution is 5.91. The number of carbonyl (C=O) groups is 4. The van der Waals surface area contributed by atoms with Gasteiger partial charge in [0.05, 0.1) is 86.8 Å². The van der Waals surface area contributed by atoms with Crippen molar-refractivity contribution in [3.05, 3.63) is 317 Å². The maximum Gasteiger partial charge on any atom is 0.338 e. The van der Waals surface area contributed by atoms with Crippen LogP contribution in [0, 0.1) is 0 Å². The number of benzene rings is 9. The SMILES string of the molecule is COc1ccc(CO[C@H]2[C@H](OCc3ccccc3)[C@H](O[C@H]3[C@@H](OCc4ccccc4)[C@H](O[C@H]4[C@H](OCc5ccccc5)[C@H](O[C@@H]5[C@H](OC(=O)c6ccccc6)[C@H](C)O[C@H](O)[C@H]5OCc5ccccc5)O[C@@H](C)[C@H]4OC(=O)c4ccccc4)O[C@@H](C)[C@H]3OC(=O)c3ccccc3)O[C@@H](C)[C@H]2OC(=O)c2ccccc2)cc1. The van der Waals surface area contributed by atoms with Crippen molar-refractivity contribution >= 4 is 23.9 Å². The standard InChI is InChI=1S/C88H90O22/c1-55-70(105-82(90)65-40-24-11-25-41-65)74(77(85(93)100-55)96-50-59-30-14-6-15-31-59)108-87-79(98-52-61-34-18-8-19-35-61)76(72(57(3)102-87)107-84(92)67-44-28-13-29-45-67)110-88-80(99-53-62-36-20-9-21-37-62)75(71(58(4)103-88)106-83(91)66-42-26-12-27-43-66)109-86-78(97-51-60-32-16-7-17-33-60)73(95-54-63-46-48-68(94-5)49-47-63)69(56(2)101-86)104-81(89)64-38-22-10-23-39-64/h6-49,55-58,69-80,85-88,93H,50-54H2,1-5H3/t55-,56-,57-,58-,69+,70+,71+,72+,73+,74+,75+,76+,77-,78-,79-,80+,85-,86-,87-,88-/m0/s1. The molecule has 110 heavy (non-hydrogen) atoms. The van der Waals surface area contributed by atoms with E-state index in [0.29, 0.717) is 16.9 Å². The molecule has 0 aromatic heterocycles. The lowest BCUT2D eigenvalue weighted by atomic mass is 9.95. The average Bonchev–Trinajstić information content (AvgIpc) is 0.756. The van der Waals surface area contributed by atoms with E-state index in [2.05, 4.69) is 0 Å². The lowest BCUT2D eigenvalue weighted by molar-refractivity contribution is -0.393. The highest BCUT2D eigenvalue weighted by atomic mass is 16.8. The molecule has 0 unspecified atom stereocenters. The van der Waals surface area contributed by atoms with E-state index in [1.807, 2.05) is 146 Å². The zero-order chi connectivity index (χ0) is 76.3. The van der Waals surface area contributed by atoms with Crippen molar-refractivity contribution in [3.8, 4) is 5.75 Å². The Morgan fingerprint density at radius 1 is 0.273 bits per heavy atom. The molecule has 9 aromatic carbocycles. The third-order valence-corrected chi connectivity index (χ3v) is 19.6. The molecule has 4 heterocycles. The summed E-state index contributed by atoms with van der Waals surface area (Å²) in [6.07, 6.45) is -27.1. The van der Waals surface area contributed by atoms with Crippen molar-refractivity contribution in [2.45, 2.75) is 184 Å². The first kappa shape index (κ1) is 78.3. The quantitative estimate of drug-likeness (QED) is 0.0325. The van der Waals surface area contributed by atoms with Crippen LogP contribution in [0.2, 0.25) is 0 Å². The number of methoxy groups -OCH3 is 1. The number of hydrogen-bond acceptors (Lipinski definition) is 22. The number of carbonyl (C=O) groups excluding carboxylic acids is 4. The van der Waals surface area contributed by atoms with Gasteiger partial charge in [0.25, 0.3) is 0 Å². The summed E-state index contributed by atoms with van der Waals surface area (Å²) in [7, 11) is 1.58. The molecular formula is C88H90O22. The second-order valence-corrected chi connectivity index (χ2v) is 27.3. The predicted molar refractivity (Wildman–Crippen MR) is 398 cm³/mol. The summed E-state index contributed by atoms with van der Waals surface area (Å²) in [6.45, 7) is 6.39. The molecule has 22 heteroatoms. The normalized spacial score (nSPS) is 28.0.